The van der Waals surface area contributed by atoms with Gasteiger partial charge in [-0.1, -0.05) is 12.1 Å². The van der Waals surface area contributed by atoms with Gasteiger partial charge in [-0.25, -0.2) is 9.59 Å². The fourth-order valence-corrected chi connectivity index (χ4v) is 5.93. The third-order valence-electron chi connectivity index (χ3n) is 8.40. The fraction of sp³-hybridized carbons (Fsp3) is 0.500. The van der Waals surface area contributed by atoms with Crippen LogP contribution in [-0.2, 0) is 11.2 Å². The molecular weight excluding hydrogens is 506 g/mol. The highest BCUT2D eigenvalue weighted by Crippen LogP contribution is 2.28. The molecule has 1 aromatic carbocycles. The number of nitrogens with zero attached hydrogens (tertiary/aromatic N) is 4. The van der Waals surface area contributed by atoms with Gasteiger partial charge in [0.1, 0.15) is 27.5 Å². The Morgan fingerprint density at radius 1 is 1.02 bits per heavy atom. The molecule has 2 aliphatic heterocycles. The van der Waals surface area contributed by atoms with E-state index in [1.165, 1.54) is 5.56 Å². The van der Waals surface area contributed by atoms with Crippen molar-refractivity contribution in [2.75, 3.05) is 40.3 Å². The van der Waals surface area contributed by atoms with Crippen LogP contribution in [0.4, 0.5) is 9.59 Å². The second-order valence-corrected chi connectivity index (χ2v) is 11.0. The highest BCUT2D eigenvalue weighted by atomic mass is 16.3. The van der Waals surface area contributed by atoms with E-state index in [1.807, 2.05) is 44.9 Å². The summed E-state index contributed by atoms with van der Waals surface area (Å²) in [5, 5.41) is 15.9. The molecule has 2 aromatic rings. The average Bonchev–Trinajstić information content (AvgIpc) is 2.98. The predicted octanol–water partition coefficient (Wildman–Crippen LogP) is -0.933. The van der Waals surface area contributed by atoms with E-state index in [1.54, 1.807) is 36.3 Å². The van der Waals surface area contributed by atoms with Crippen LogP contribution < -0.4 is 21.6 Å². The number of urea groups is 2. The van der Waals surface area contributed by atoms with E-state index >= 15 is 0 Å². The summed E-state index contributed by atoms with van der Waals surface area (Å²) in [5.74, 6) is 0.550. The molecule has 212 valence electrons. The van der Waals surface area contributed by atoms with Gasteiger partial charge in [0.25, 0.3) is 0 Å². The Morgan fingerprint density at radius 3 is 2.17 bits per heavy atom. The van der Waals surface area contributed by atoms with Gasteiger partial charge in [0.05, 0.1) is 0 Å². The van der Waals surface area contributed by atoms with Gasteiger partial charge in [0, 0.05) is 65.1 Å². The van der Waals surface area contributed by atoms with E-state index in [0.717, 1.165) is 29.3 Å². The number of pyridine rings is 1. The molecule has 0 unspecified atom stereocenters. The Labute approximate surface area is 238 Å². The van der Waals surface area contributed by atoms with Crippen molar-refractivity contribution in [2.45, 2.75) is 50.1 Å². The monoisotopic (exact) mass is 546 g/mol. The van der Waals surface area contributed by atoms with Crippen LogP contribution in [0.3, 0.4) is 0 Å². The third-order valence-corrected chi connectivity index (χ3v) is 8.40. The molecule has 1 atom stereocenters. The molecule has 2 aliphatic rings. The SMILES string of the molecule is Bc1cc(C[C@@H](NC(=O)N2CCC(N(C)C(=O)NC)CC2)C(=O)N2CCC(c3ccncc3)CC2)cc(B)c1O. The molecule has 3 heterocycles. The largest absolute Gasteiger partial charge is 0.509 e. The topological polar surface area (TPSA) is 118 Å². The van der Waals surface area contributed by atoms with Crippen LogP contribution >= 0.6 is 0 Å². The molecule has 12 heteroatoms. The number of carbonyl (C=O) groups is 3. The molecule has 40 heavy (non-hydrogen) atoms. The minimum absolute atomic E-state index is 0.0612. The first kappa shape index (κ1) is 29.3. The quantitative estimate of drug-likeness (QED) is 0.405. The van der Waals surface area contributed by atoms with Crippen molar-refractivity contribution < 1.29 is 19.5 Å². The van der Waals surface area contributed by atoms with Gasteiger partial charge in [-0.3, -0.25) is 9.78 Å². The first-order valence-corrected chi connectivity index (χ1v) is 14.2. The van der Waals surface area contributed by atoms with Crippen molar-refractivity contribution in [1.29, 1.82) is 0 Å². The standard InChI is InChI=1S/C28H40B2N6O4/c1-31-27(39)34(2)21-7-13-36(14-8-21)28(40)33-24(17-18-15-22(29)25(37)23(30)16-18)26(38)35-11-5-20(6-12-35)19-3-9-32-10-4-19/h3-4,9-10,15-16,20-21,24,37H,5-8,11-14,17,29-30H2,1-2H3,(H,31,39)(H,33,40)/t24-/m1/s1. The van der Waals surface area contributed by atoms with Gasteiger partial charge in [0.2, 0.25) is 5.91 Å². The van der Waals surface area contributed by atoms with E-state index < -0.39 is 6.04 Å². The summed E-state index contributed by atoms with van der Waals surface area (Å²) in [6, 6.07) is 6.77. The number of phenols is 1. The van der Waals surface area contributed by atoms with Gasteiger partial charge in [0.15, 0.2) is 0 Å². The molecule has 0 bridgehead atoms. The molecule has 3 N–H and O–H groups in total. The third kappa shape index (κ3) is 6.89. The van der Waals surface area contributed by atoms with Crippen molar-refractivity contribution in [2.24, 2.45) is 0 Å². The highest BCUT2D eigenvalue weighted by Gasteiger charge is 2.33. The first-order chi connectivity index (χ1) is 19.2. The normalized spacial score (nSPS) is 17.2. The maximum atomic E-state index is 13.8. The molecule has 4 rings (SSSR count). The number of nitrogens with one attached hydrogen (secondary N) is 2. The van der Waals surface area contributed by atoms with Crippen LogP contribution in [0, 0.1) is 0 Å². The summed E-state index contributed by atoms with van der Waals surface area (Å²) < 4.78 is 0. The zero-order valence-electron chi connectivity index (χ0n) is 24.0. The predicted molar refractivity (Wildman–Crippen MR) is 160 cm³/mol. The van der Waals surface area contributed by atoms with Crippen molar-refractivity contribution in [3.8, 4) is 5.75 Å². The molecular formula is C28H40B2N6O4. The number of hydrogen-bond acceptors (Lipinski definition) is 5. The minimum atomic E-state index is -0.723. The van der Waals surface area contributed by atoms with E-state index in [2.05, 4.69) is 15.6 Å². The highest BCUT2D eigenvalue weighted by molar-refractivity contribution is 6.41. The molecule has 0 saturated carbocycles. The number of likely N-dealkylation sites (tertiary alicyclic amines) is 2. The van der Waals surface area contributed by atoms with Crippen LogP contribution in [0.1, 0.15) is 42.7 Å². The molecule has 0 spiro atoms. The Balaban J connectivity index is 1.44. The van der Waals surface area contributed by atoms with Gasteiger partial charge >= 0.3 is 12.1 Å². The second-order valence-electron chi connectivity index (χ2n) is 11.0. The summed E-state index contributed by atoms with van der Waals surface area (Å²) in [6.45, 7) is 2.27. The number of phenolic OH excluding ortho intramolecular Hbond substituents is 1. The number of rotatable bonds is 6. The zero-order valence-corrected chi connectivity index (χ0v) is 24.0. The Kier molecular flexibility index (Phi) is 9.60. The summed E-state index contributed by atoms with van der Waals surface area (Å²) in [4.78, 5) is 48.6. The Hall–Kier alpha value is -3.69. The molecule has 10 nitrogen and oxygen atoms in total. The maximum absolute atomic E-state index is 13.8. The van der Waals surface area contributed by atoms with Crippen LogP contribution in [0.25, 0.3) is 0 Å². The molecule has 5 amide bonds. The number of piperidine rings is 2. The Bertz CT molecular complexity index is 1180. The van der Waals surface area contributed by atoms with Crippen LogP contribution in [0.2, 0.25) is 0 Å². The van der Waals surface area contributed by atoms with Crippen LogP contribution in [-0.4, -0.2) is 111 Å². The van der Waals surface area contributed by atoms with Gasteiger partial charge < -0.3 is 30.4 Å². The molecule has 2 fully saturated rings. The average molecular weight is 546 g/mol. The maximum Gasteiger partial charge on any atom is 0.318 e. The fourth-order valence-electron chi connectivity index (χ4n) is 5.93. The van der Waals surface area contributed by atoms with Crippen LogP contribution in [0.5, 0.6) is 5.75 Å². The van der Waals surface area contributed by atoms with Gasteiger partial charge in [-0.2, -0.15) is 0 Å². The summed E-state index contributed by atoms with van der Waals surface area (Å²) in [7, 11) is 7.06. The number of amides is 5. The molecule has 2 saturated heterocycles. The number of aromatic hydroxyl groups is 1. The summed E-state index contributed by atoms with van der Waals surface area (Å²) in [5.41, 5.74) is 3.62. The van der Waals surface area contributed by atoms with E-state index in [0.29, 0.717) is 51.4 Å². The van der Waals surface area contributed by atoms with E-state index in [4.69, 9.17) is 0 Å². The zero-order chi connectivity index (χ0) is 28.8. The molecule has 1 aromatic heterocycles. The Morgan fingerprint density at radius 2 is 1.60 bits per heavy atom. The minimum Gasteiger partial charge on any atom is -0.509 e. The first-order valence-electron chi connectivity index (χ1n) is 14.2. The number of hydrogen-bond donors (Lipinski definition) is 3. The number of benzene rings is 1. The van der Waals surface area contributed by atoms with Crippen molar-refractivity contribution >= 4 is 44.6 Å². The smallest absolute Gasteiger partial charge is 0.318 e. The molecule has 0 aliphatic carbocycles. The van der Waals surface area contributed by atoms with Crippen molar-refractivity contribution in [1.82, 2.24) is 30.3 Å². The van der Waals surface area contributed by atoms with Gasteiger partial charge in [-0.05, 0) is 65.8 Å². The second kappa shape index (κ2) is 13.1. The molecule has 0 radical (unpaired) electrons. The van der Waals surface area contributed by atoms with Gasteiger partial charge in [-0.15, -0.1) is 0 Å². The summed E-state index contributed by atoms with van der Waals surface area (Å²) >= 11 is 0. The van der Waals surface area contributed by atoms with E-state index in [9.17, 15) is 19.5 Å². The lowest BCUT2D eigenvalue weighted by molar-refractivity contribution is -0.134. The lowest BCUT2D eigenvalue weighted by Crippen LogP contribution is -2.56. The number of aromatic nitrogens is 1. The van der Waals surface area contributed by atoms with E-state index in [-0.39, 0.29) is 29.8 Å². The number of carbonyl (C=O) groups excluding carboxylic acids is 3. The van der Waals surface area contributed by atoms with Crippen molar-refractivity contribution in [3.05, 3.63) is 47.8 Å². The lowest BCUT2D eigenvalue weighted by atomic mass is 9.83. The summed E-state index contributed by atoms with van der Waals surface area (Å²) in [6.07, 6.45) is 7.02. The van der Waals surface area contributed by atoms with Crippen molar-refractivity contribution in [3.63, 3.8) is 0 Å². The van der Waals surface area contributed by atoms with Crippen LogP contribution in [0.15, 0.2) is 36.7 Å². The lowest BCUT2D eigenvalue weighted by Gasteiger charge is -2.38.